The van der Waals surface area contributed by atoms with E-state index in [-0.39, 0.29) is 5.91 Å². The van der Waals surface area contributed by atoms with Gasteiger partial charge in [-0.1, -0.05) is 36.4 Å². The second kappa shape index (κ2) is 12.0. The van der Waals surface area contributed by atoms with Crippen molar-refractivity contribution in [3.63, 3.8) is 0 Å². The van der Waals surface area contributed by atoms with Gasteiger partial charge in [0.25, 0.3) is 5.91 Å². The van der Waals surface area contributed by atoms with E-state index in [0.29, 0.717) is 13.2 Å². The van der Waals surface area contributed by atoms with E-state index >= 15 is 0 Å². The van der Waals surface area contributed by atoms with Crippen LogP contribution < -0.4 is 15.0 Å². The van der Waals surface area contributed by atoms with Crippen molar-refractivity contribution < 1.29 is 9.53 Å². The zero-order valence-corrected chi connectivity index (χ0v) is 19.0. The minimum absolute atomic E-state index is 0.00754. The van der Waals surface area contributed by atoms with E-state index in [1.165, 1.54) is 0 Å². The maximum absolute atomic E-state index is 12.1. The SMILES string of the molecule is O=C(NCCCCN1CCN(c2ccccc2OCc2ccccn2)CC1)c1ccccc1. The van der Waals surface area contributed by atoms with Crippen molar-refractivity contribution in [3.8, 4) is 5.75 Å². The fraction of sp³-hybridized carbons (Fsp3) is 0.333. The summed E-state index contributed by atoms with van der Waals surface area (Å²) in [5, 5.41) is 3.01. The molecule has 1 N–H and O–H groups in total. The Labute approximate surface area is 196 Å². The molecule has 0 saturated carbocycles. The summed E-state index contributed by atoms with van der Waals surface area (Å²) in [6.07, 6.45) is 3.86. The number of unbranched alkanes of at least 4 members (excludes halogenated alkanes) is 1. The lowest BCUT2D eigenvalue weighted by Crippen LogP contribution is -2.46. The average Bonchev–Trinajstić information content (AvgIpc) is 2.89. The van der Waals surface area contributed by atoms with Crippen LogP contribution >= 0.6 is 0 Å². The molecule has 0 atom stereocenters. The molecule has 172 valence electrons. The minimum Gasteiger partial charge on any atom is -0.485 e. The van der Waals surface area contributed by atoms with E-state index in [4.69, 9.17) is 4.74 Å². The molecule has 2 heterocycles. The Kier molecular flexibility index (Phi) is 8.30. The molecule has 4 rings (SSSR count). The second-order valence-corrected chi connectivity index (χ2v) is 8.24. The molecule has 0 spiro atoms. The van der Waals surface area contributed by atoms with E-state index in [0.717, 1.165) is 68.3 Å². The number of para-hydroxylation sites is 2. The molecule has 1 aromatic heterocycles. The summed E-state index contributed by atoms with van der Waals surface area (Å²) in [6, 6.07) is 23.5. The second-order valence-electron chi connectivity index (χ2n) is 8.24. The molecule has 1 aliphatic rings. The standard InChI is InChI=1S/C27H32N4O2/c32-27(23-10-2-1-3-11-23)29-16-8-9-17-30-18-20-31(21-19-30)25-13-4-5-14-26(25)33-22-24-12-6-7-15-28-24/h1-7,10-15H,8-9,16-22H2,(H,29,32). The maximum Gasteiger partial charge on any atom is 0.251 e. The number of carbonyl (C=O) groups is 1. The highest BCUT2D eigenvalue weighted by Crippen LogP contribution is 2.29. The van der Waals surface area contributed by atoms with Crippen molar-refractivity contribution in [2.45, 2.75) is 19.4 Å². The Hall–Kier alpha value is -3.38. The lowest BCUT2D eigenvalue weighted by molar-refractivity contribution is 0.0952. The zero-order valence-electron chi connectivity index (χ0n) is 19.0. The van der Waals surface area contributed by atoms with Gasteiger partial charge < -0.3 is 15.0 Å². The number of benzene rings is 2. The van der Waals surface area contributed by atoms with Gasteiger partial charge in [-0.2, -0.15) is 0 Å². The van der Waals surface area contributed by atoms with Crippen LogP contribution in [-0.4, -0.2) is 55.1 Å². The highest BCUT2D eigenvalue weighted by atomic mass is 16.5. The molecule has 0 bridgehead atoms. The van der Waals surface area contributed by atoms with Crippen LogP contribution in [0.5, 0.6) is 5.75 Å². The van der Waals surface area contributed by atoms with Gasteiger partial charge >= 0.3 is 0 Å². The molecular formula is C27H32N4O2. The first-order valence-corrected chi connectivity index (χ1v) is 11.7. The molecule has 1 aliphatic heterocycles. The smallest absolute Gasteiger partial charge is 0.251 e. The summed E-state index contributed by atoms with van der Waals surface area (Å²) < 4.78 is 6.09. The molecule has 1 fully saturated rings. The van der Waals surface area contributed by atoms with Crippen LogP contribution in [0.1, 0.15) is 28.9 Å². The van der Waals surface area contributed by atoms with Crippen molar-refractivity contribution in [1.29, 1.82) is 0 Å². The average molecular weight is 445 g/mol. The maximum atomic E-state index is 12.1. The molecule has 1 saturated heterocycles. The van der Waals surface area contributed by atoms with Gasteiger partial charge in [-0.05, 0) is 55.8 Å². The van der Waals surface area contributed by atoms with Gasteiger partial charge in [-0.15, -0.1) is 0 Å². The molecule has 0 aliphatic carbocycles. The molecule has 0 radical (unpaired) electrons. The number of rotatable bonds is 10. The summed E-state index contributed by atoms with van der Waals surface area (Å²) in [5.74, 6) is 0.916. The number of piperazine rings is 1. The van der Waals surface area contributed by atoms with E-state index in [1.54, 1.807) is 6.20 Å². The van der Waals surface area contributed by atoms with Crippen LogP contribution in [0.2, 0.25) is 0 Å². The van der Waals surface area contributed by atoms with Crippen molar-refractivity contribution in [2.75, 3.05) is 44.2 Å². The first-order chi connectivity index (χ1) is 16.3. The predicted molar refractivity (Wildman–Crippen MR) is 132 cm³/mol. The summed E-state index contributed by atoms with van der Waals surface area (Å²) in [5.41, 5.74) is 2.80. The van der Waals surface area contributed by atoms with Crippen LogP contribution in [0.15, 0.2) is 79.0 Å². The highest BCUT2D eigenvalue weighted by molar-refractivity contribution is 5.94. The summed E-state index contributed by atoms with van der Waals surface area (Å²) in [4.78, 5) is 21.4. The Morgan fingerprint density at radius 3 is 2.42 bits per heavy atom. The number of nitrogens with zero attached hydrogens (tertiary/aromatic N) is 3. The topological polar surface area (TPSA) is 57.7 Å². The monoisotopic (exact) mass is 444 g/mol. The van der Waals surface area contributed by atoms with Gasteiger partial charge in [-0.25, -0.2) is 0 Å². The van der Waals surface area contributed by atoms with E-state index in [1.807, 2.05) is 60.7 Å². The molecular weight excluding hydrogens is 412 g/mol. The summed E-state index contributed by atoms with van der Waals surface area (Å²) >= 11 is 0. The normalized spacial score (nSPS) is 14.1. The van der Waals surface area contributed by atoms with E-state index in [2.05, 4.69) is 32.2 Å². The fourth-order valence-electron chi connectivity index (χ4n) is 4.04. The quantitative estimate of drug-likeness (QED) is 0.479. The first-order valence-electron chi connectivity index (χ1n) is 11.7. The third kappa shape index (κ3) is 6.80. The van der Waals surface area contributed by atoms with E-state index < -0.39 is 0 Å². The predicted octanol–water partition coefficient (Wildman–Crippen LogP) is 3.99. The molecule has 6 nitrogen and oxygen atoms in total. The van der Waals surface area contributed by atoms with Gasteiger partial charge in [0.1, 0.15) is 12.4 Å². The zero-order chi connectivity index (χ0) is 22.7. The van der Waals surface area contributed by atoms with E-state index in [9.17, 15) is 4.79 Å². The molecule has 3 aromatic rings. The van der Waals surface area contributed by atoms with Crippen molar-refractivity contribution >= 4 is 11.6 Å². The Morgan fingerprint density at radius 1 is 0.879 bits per heavy atom. The van der Waals surface area contributed by atoms with Gasteiger partial charge in [-0.3, -0.25) is 14.7 Å². The van der Waals surface area contributed by atoms with Crippen LogP contribution in [0.25, 0.3) is 0 Å². The Bertz CT molecular complexity index is 989. The highest BCUT2D eigenvalue weighted by Gasteiger charge is 2.19. The van der Waals surface area contributed by atoms with Gasteiger partial charge in [0.05, 0.1) is 11.4 Å². The van der Waals surface area contributed by atoms with Crippen molar-refractivity contribution in [3.05, 3.63) is 90.3 Å². The molecule has 0 unspecified atom stereocenters. The lowest BCUT2D eigenvalue weighted by Gasteiger charge is -2.36. The summed E-state index contributed by atoms with van der Waals surface area (Å²) in [6.45, 7) is 6.28. The van der Waals surface area contributed by atoms with Crippen LogP contribution in [0, 0.1) is 0 Å². The summed E-state index contributed by atoms with van der Waals surface area (Å²) in [7, 11) is 0. The Balaban J connectivity index is 1.17. The van der Waals surface area contributed by atoms with Gasteiger partial charge in [0.15, 0.2) is 0 Å². The largest absolute Gasteiger partial charge is 0.485 e. The third-order valence-electron chi connectivity index (χ3n) is 5.90. The number of pyridine rings is 1. The molecule has 33 heavy (non-hydrogen) atoms. The lowest BCUT2D eigenvalue weighted by atomic mass is 10.2. The number of aromatic nitrogens is 1. The number of carbonyl (C=O) groups excluding carboxylic acids is 1. The fourth-order valence-corrected chi connectivity index (χ4v) is 4.04. The molecule has 2 aromatic carbocycles. The van der Waals surface area contributed by atoms with Crippen LogP contribution in [-0.2, 0) is 6.61 Å². The molecule has 6 heteroatoms. The van der Waals surface area contributed by atoms with Crippen LogP contribution in [0.3, 0.4) is 0 Å². The minimum atomic E-state index is 0.00754. The van der Waals surface area contributed by atoms with Crippen molar-refractivity contribution in [2.24, 2.45) is 0 Å². The number of ether oxygens (including phenoxy) is 1. The molecule has 1 amide bonds. The number of hydrogen-bond donors (Lipinski definition) is 1. The Morgan fingerprint density at radius 2 is 1.64 bits per heavy atom. The van der Waals surface area contributed by atoms with Gasteiger partial charge in [0.2, 0.25) is 0 Å². The number of amides is 1. The van der Waals surface area contributed by atoms with Crippen molar-refractivity contribution in [1.82, 2.24) is 15.2 Å². The third-order valence-corrected chi connectivity index (χ3v) is 5.90. The number of anilines is 1. The first kappa shape index (κ1) is 22.8. The van der Waals surface area contributed by atoms with Gasteiger partial charge in [0, 0.05) is 44.5 Å². The number of nitrogens with one attached hydrogen (secondary N) is 1. The number of hydrogen-bond acceptors (Lipinski definition) is 5. The van der Waals surface area contributed by atoms with Crippen LogP contribution in [0.4, 0.5) is 5.69 Å².